The highest BCUT2D eigenvalue weighted by molar-refractivity contribution is 6.02. The third-order valence-electron chi connectivity index (χ3n) is 4.33. The maximum absolute atomic E-state index is 12.9. The van der Waals surface area contributed by atoms with Crippen molar-refractivity contribution in [2.45, 2.75) is 32.2 Å². The van der Waals surface area contributed by atoms with E-state index >= 15 is 0 Å². The topological polar surface area (TPSA) is 95.1 Å². The maximum Gasteiger partial charge on any atom is 0.245 e. The summed E-state index contributed by atoms with van der Waals surface area (Å²) in [7, 11) is 1.74. The molecule has 8 nitrogen and oxygen atoms in total. The van der Waals surface area contributed by atoms with E-state index in [0.29, 0.717) is 18.8 Å². The molecule has 1 aromatic heterocycles. The lowest BCUT2D eigenvalue weighted by Crippen LogP contribution is -2.48. The number of amides is 2. The van der Waals surface area contributed by atoms with Crippen LogP contribution in [0.1, 0.15) is 31.2 Å². The number of nitrogens with one attached hydrogen (secondary N) is 1. The van der Waals surface area contributed by atoms with Gasteiger partial charge in [0.15, 0.2) is 5.82 Å². The molecule has 24 heavy (non-hydrogen) atoms. The van der Waals surface area contributed by atoms with Crippen LogP contribution >= 0.6 is 0 Å². The molecule has 1 aromatic carbocycles. The summed E-state index contributed by atoms with van der Waals surface area (Å²) in [6.07, 6.45) is 0.537. The number of anilines is 1. The van der Waals surface area contributed by atoms with Crippen LogP contribution in [0.4, 0.5) is 5.69 Å². The molecule has 0 saturated heterocycles. The summed E-state index contributed by atoms with van der Waals surface area (Å²) < 4.78 is 0. The summed E-state index contributed by atoms with van der Waals surface area (Å²) in [6.45, 7) is 3.88. The van der Waals surface area contributed by atoms with Gasteiger partial charge in [0.1, 0.15) is 6.04 Å². The maximum atomic E-state index is 12.9. The minimum Gasteiger partial charge on any atom is -0.343 e. The highest BCUT2D eigenvalue weighted by atomic mass is 16.2. The molecule has 0 radical (unpaired) electrons. The van der Waals surface area contributed by atoms with Gasteiger partial charge in [-0.3, -0.25) is 14.5 Å². The molecule has 3 rings (SSSR count). The number of H-pyrrole nitrogens is 1. The van der Waals surface area contributed by atoms with Crippen molar-refractivity contribution in [3.05, 3.63) is 35.7 Å². The van der Waals surface area contributed by atoms with E-state index in [1.165, 1.54) is 6.92 Å². The lowest BCUT2D eigenvalue weighted by molar-refractivity contribution is -0.133. The lowest BCUT2D eigenvalue weighted by atomic mass is 10.1. The molecule has 8 heteroatoms. The first-order valence-corrected chi connectivity index (χ1v) is 7.85. The number of para-hydroxylation sites is 1. The molecule has 0 spiro atoms. The number of aromatic amines is 1. The Morgan fingerprint density at radius 2 is 2.17 bits per heavy atom. The zero-order chi connectivity index (χ0) is 17.3. The molecule has 2 heterocycles. The van der Waals surface area contributed by atoms with E-state index in [-0.39, 0.29) is 17.7 Å². The zero-order valence-corrected chi connectivity index (χ0v) is 13.9. The SMILES string of the molecule is CC(=O)N1c2ccccc2C[C@H]1C(=O)N(C)CC(C)c1nn[nH]n1. The first-order chi connectivity index (χ1) is 11.5. The van der Waals surface area contributed by atoms with E-state index in [9.17, 15) is 9.59 Å². The van der Waals surface area contributed by atoms with Crippen LogP contribution in [0.15, 0.2) is 24.3 Å². The molecule has 126 valence electrons. The number of hydrogen-bond donors (Lipinski definition) is 1. The van der Waals surface area contributed by atoms with Gasteiger partial charge in [-0.25, -0.2) is 0 Å². The number of nitrogens with zero attached hydrogens (tertiary/aromatic N) is 5. The molecule has 1 aliphatic heterocycles. The Hall–Kier alpha value is -2.77. The number of fused-ring (bicyclic) bond motifs is 1. The molecule has 0 aliphatic carbocycles. The first-order valence-electron chi connectivity index (χ1n) is 7.85. The third kappa shape index (κ3) is 2.86. The van der Waals surface area contributed by atoms with Gasteiger partial charge in [-0.2, -0.15) is 5.21 Å². The molecule has 0 fully saturated rings. The van der Waals surface area contributed by atoms with Crippen LogP contribution in [-0.2, 0) is 16.0 Å². The second kappa shape index (κ2) is 6.38. The van der Waals surface area contributed by atoms with Crippen LogP contribution in [-0.4, -0.2) is 57.0 Å². The van der Waals surface area contributed by atoms with Crippen molar-refractivity contribution in [3.8, 4) is 0 Å². The number of carbonyl (C=O) groups excluding carboxylic acids is 2. The van der Waals surface area contributed by atoms with Crippen molar-refractivity contribution in [1.29, 1.82) is 0 Å². The number of tetrazole rings is 1. The molecule has 1 aliphatic rings. The van der Waals surface area contributed by atoms with Crippen molar-refractivity contribution in [3.63, 3.8) is 0 Å². The standard InChI is InChI=1S/C16H20N6O2/c1-10(15-17-19-20-18-15)9-21(3)16(24)14-8-12-6-4-5-7-13(12)22(14)11(2)23/h4-7,10,14H,8-9H2,1-3H3,(H,17,18,19,20)/t10?,14-/m0/s1. The molecule has 0 bridgehead atoms. The van der Waals surface area contributed by atoms with E-state index in [1.807, 2.05) is 31.2 Å². The number of aromatic nitrogens is 4. The normalized spacial score (nSPS) is 17.5. The summed E-state index contributed by atoms with van der Waals surface area (Å²) in [5.74, 6) is 0.301. The summed E-state index contributed by atoms with van der Waals surface area (Å²) in [5.41, 5.74) is 1.84. The van der Waals surface area contributed by atoms with Gasteiger partial charge in [-0.05, 0) is 11.6 Å². The Kier molecular flexibility index (Phi) is 4.28. The van der Waals surface area contributed by atoms with Gasteiger partial charge >= 0.3 is 0 Å². The van der Waals surface area contributed by atoms with Crippen molar-refractivity contribution in [1.82, 2.24) is 25.5 Å². The second-order valence-electron chi connectivity index (χ2n) is 6.13. The van der Waals surface area contributed by atoms with Crippen molar-refractivity contribution in [2.75, 3.05) is 18.5 Å². The number of rotatable bonds is 4. The monoisotopic (exact) mass is 328 g/mol. The summed E-state index contributed by atoms with van der Waals surface area (Å²) in [6, 6.07) is 7.14. The Balaban J connectivity index is 1.76. The van der Waals surface area contributed by atoms with Crippen molar-refractivity contribution >= 4 is 17.5 Å². The molecule has 2 amide bonds. The first kappa shape index (κ1) is 16.1. The highest BCUT2D eigenvalue weighted by Gasteiger charge is 2.38. The predicted molar refractivity (Wildman–Crippen MR) is 87.3 cm³/mol. The largest absolute Gasteiger partial charge is 0.343 e. The Labute approximate surface area is 139 Å². The molecular weight excluding hydrogens is 308 g/mol. The van der Waals surface area contributed by atoms with Gasteiger partial charge in [0.05, 0.1) is 0 Å². The van der Waals surface area contributed by atoms with Crippen LogP contribution in [0.3, 0.4) is 0 Å². The van der Waals surface area contributed by atoms with Gasteiger partial charge in [0.2, 0.25) is 11.8 Å². The predicted octanol–water partition coefficient (Wildman–Crippen LogP) is 0.739. The van der Waals surface area contributed by atoms with E-state index in [2.05, 4.69) is 20.6 Å². The van der Waals surface area contributed by atoms with Crippen LogP contribution in [0, 0.1) is 0 Å². The van der Waals surface area contributed by atoms with Gasteiger partial charge < -0.3 is 4.90 Å². The fourth-order valence-corrected chi connectivity index (χ4v) is 3.19. The average molecular weight is 328 g/mol. The third-order valence-corrected chi connectivity index (χ3v) is 4.33. The van der Waals surface area contributed by atoms with E-state index in [0.717, 1.165) is 11.3 Å². The van der Waals surface area contributed by atoms with Gasteiger partial charge in [0, 0.05) is 38.5 Å². The summed E-state index contributed by atoms with van der Waals surface area (Å²) in [4.78, 5) is 28.2. The molecule has 0 saturated carbocycles. The van der Waals surface area contributed by atoms with Gasteiger partial charge in [-0.1, -0.05) is 30.3 Å². The average Bonchev–Trinajstić information content (AvgIpc) is 3.21. The molecule has 1 N–H and O–H groups in total. The molecule has 1 unspecified atom stereocenters. The smallest absolute Gasteiger partial charge is 0.245 e. The summed E-state index contributed by atoms with van der Waals surface area (Å²) in [5, 5.41) is 13.9. The van der Waals surface area contributed by atoms with E-state index in [4.69, 9.17) is 0 Å². The number of carbonyl (C=O) groups is 2. The molecule has 2 atom stereocenters. The zero-order valence-electron chi connectivity index (χ0n) is 13.9. The van der Waals surface area contributed by atoms with Crippen molar-refractivity contribution in [2.24, 2.45) is 0 Å². The van der Waals surface area contributed by atoms with E-state index < -0.39 is 6.04 Å². The second-order valence-corrected chi connectivity index (χ2v) is 6.13. The number of hydrogen-bond acceptors (Lipinski definition) is 5. The van der Waals surface area contributed by atoms with Crippen LogP contribution in [0.2, 0.25) is 0 Å². The van der Waals surface area contributed by atoms with Crippen LogP contribution in [0.25, 0.3) is 0 Å². The molecular formula is C16H20N6O2. The minimum atomic E-state index is -0.498. The Bertz CT molecular complexity index is 745. The van der Waals surface area contributed by atoms with Gasteiger partial charge in [0.25, 0.3) is 0 Å². The number of benzene rings is 1. The van der Waals surface area contributed by atoms with Gasteiger partial charge in [-0.15, -0.1) is 10.2 Å². The lowest BCUT2D eigenvalue weighted by Gasteiger charge is -2.28. The number of likely N-dealkylation sites (N-methyl/N-ethyl adjacent to an activating group) is 1. The van der Waals surface area contributed by atoms with Crippen LogP contribution in [0.5, 0.6) is 0 Å². The summed E-state index contributed by atoms with van der Waals surface area (Å²) >= 11 is 0. The highest BCUT2D eigenvalue weighted by Crippen LogP contribution is 2.32. The minimum absolute atomic E-state index is 0.0488. The fraction of sp³-hybridized carbons (Fsp3) is 0.438. The Morgan fingerprint density at radius 3 is 2.83 bits per heavy atom. The molecule has 2 aromatic rings. The van der Waals surface area contributed by atoms with E-state index in [1.54, 1.807) is 16.8 Å². The fourth-order valence-electron chi connectivity index (χ4n) is 3.19. The van der Waals surface area contributed by atoms with Crippen molar-refractivity contribution < 1.29 is 9.59 Å². The Morgan fingerprint density at radius 1 is 1.42 bits per heavy atom. The van der Waals surface area contributed by atoms with Crippen LogP contribution < -0.4 is 4.90 Å². The quantitative estimate of drug-likeness (QED) is 0.893.